The van der Waals surface area contributed by atoms with Crippen LogP contribution in [0.1, 0.15) is 51.4 Å². The molecule has 1 aromatic carbocycles. The molecule has 2 N–H and O–H groups in total. The van der Waals surface area contributed by atoms with Crippen molar-refractivity contribution in [2.24, 2.45) is 10.1 Å². The second kappa shape index (κ2) is 10.1. The molecule has 2 atom stereocenters. The number of halogens is 1. The van der Waals surface area contributed by atoms with Crippen LogP contribution in [0.3, 0.4) is 0 Å². The number of benzene rings is 1. The van der Waals surface area contributed by atoms with Gasteiger partial charge in [0, 0.05) is 21.0 Å². The van der Waals surface area contributed by atoms with Crippen molar-refractivity contribution in [1.29, 1.82) is 0 Å². The summed E-state index contributed by atoms with van der Waals surface area (Å²) in [7, 11) is 0. The second-order valence-corrected chi connectivity index (χ2v) is 10.8. The monoisotopic (exact) mass is 556 g/mol. The molecule has 0 spiro atoms. The van der Waals surface area contributed by atoms with Gasteiger partial charge in [0.25, 0.3) is 0 Å². The van der Waals surface area contributed by atoms with Gasteiger partial charge in [-0.3, -0.25) is 18.9 Å². The predicted octanol–water partition coefficient (Wildman–Crippen LogP) is 4.51. The van der Waals surface area contributed by atoms with E-state index in [0.29, 0.717) is 16.7 Å². The molecule has 0 radical (unpaired) electrons. The van der Waals surface area contributed by atoms with E-state index in [-0.39, 0.29) is 17.3 Å². The SMILES string of the molecule is Cc1sc2c(c1C)C(c1ccc(Cl)cc1)=N[C@@H](CC(=O)N/N=C/c1ccc(S(=O)O)o1)c1nnc(C)n1-2. The third-order valence-corrected chi connectivity index (χ3v) is 7.90. The number of furan rings is 1. The average Bonchev–Trinajstić information content (AvgIpc) is 3.53. The van der Waals surface area contributed by atoms with Gasteiger partial charge in [-0.25, -0.2) is 9.63 Å². The number of hydrogen-bond acceptors (Lipinski definition) is 8. The van der Waals surface area contributed by atoms with E-state index in [2.05, 4.69) is 34.6 Å². The van der Waals surface area contributed by atoms with Crippen LogP contribution in [-0.4, -0.2) is 41.4 Å². The van der Waals surface area contributed by atoms with E-state index in [0.717, 1.165) is 32.3 Å². The summed E-state index contributed by atoms with van der Waals surface area (Å²) in [5, 5.41) is 14.0. The summed E-state index contributed by atoms with van der Waals surface area (Å²) >= 11 is 5.54. The zero-order chi connectivity index (χ0) is 26.3. The van der Waals surface area contributed by atoms with Crippen LogP contribution in [0.4, 0.5) is 0 Å². The highest BCUT2D eigenvalue weighted by atomic mass is 35.5. The Morgan fingerprint density at radius 2 is 2.00 bits per heavy atom. The van der Waals surface area contributed by atoms with Gasteiger partial charge in [-0.15, -0.1) is 21.5 Å². The average molecular weight is 557 g/mol. The Hall–Kier alpha value is -3.45. The van der Waals surface area contributed by atoms with Crippen molar-refractivity contribution in [3.05, 3.63) is 80.4 Å². The maximum Gasteiger partial charge on any atom is 0.242 e. The van der Waals surface area contributed by atoms with Crippen molar-refractivity contribution >= 4 is 51.9 Å². The van der Waals surface area contributed by atoms with Crippen LogP contribution in [-0.2, 0) is 15.9 Å². The molecule has 190 valence electrons. The first kappa shape index (κ1) is 25.2. The molecule has 13 heteroatoms. The van der Waals surface area contributed by atoms with Gasteiger partial charge in [-0.05, 0) is 50.6 Å². The van der Waals surface area contributed by atoms with Crippen molar-refractivity contribution in [2.45, 2.75) is 38.3 Å². The Morgan fingerprint density at radius 3 is 2.70 bits per heavy atom. The Labute approximate surface area is 223 Å². The Balaban J connectivity index is 1.49. The molecular weight excluding hydrogens is 536 g/mol. The number of nitrogens with one attached hydrogen (secondary N) is 1. The van der Waals surface area contributed by atoms with Gasteiger partial charge >= 0.3 is 0 Å². The van der Waals surface area contributed by atoms with Crippen LogP contribution in [0.25, 0.3) is 5.00 Å². The molecule has 4 heterocycles. The van der Waals surface area contributed by atoms with E-state index in [1.165, 1.54) is 18.3 Å². The highest BCUT2D eigenvalue weighted by molar-refractivity contribution is 7.79. The summed E-state index contributed by atoms with van der Waals surface area (Å²) in [5.74, 6) is 1.08. The molecule has 3 aromatic heterocycles. The highest BCUT2D eigenvalue weighted by Crippen LogP contribution is 2.39. The van der Waals surface area contributed by atoms with E-state index >= 15 is 0 Å². The molecule has 0 bridgehead atoms. The fourth-order valence-corrected chi connectivity index (χ4v) is 5.71. The zero-order valence-electron chi connectivity index (χ0n) is 19.9. The molecule has 1 aliphatic heterocycles. The molecule has 0 aliphatic carbocycles. The fourth-order valence-electron chi connectivity index (χ4n) is 4.02. The lowest BCUT2D eigenvalue weighted by molar-refractivity contribution is -0.121. The molecule has 0 saturated carbocycles. The van der Waals surface area contributed by atoms with Gasteiger partial charge in [0.05, 0.1) is 18.3 Å². The third kappa shape index (κ3) is 4.92. The summed E-state index contributed by atoms with van der Waals surface area (Å²) in [5.41, 5.74) is 6.17. The minimum atomic E-state index is -2.24. The smallest absolute Gasteiger partial charge is 0.242 e. The van der Waals surface area contributed by atoms with Crippen molar-refractivity contribution in [2.75, 3.05) is 0 Å². The number of amides is 1. The van der Waals surface area contributed by atoms with Gasteiger partial charge in [-0.1, -0.05) is 23.7 Å². The van der Waals surface area contributed by atoms with E-state index in [1.54, 1.807) is 11.3 Å². The number of carbonyl (C=O) groups is 1. The molecular formula is C24H21ClN6O4S2. The van der Waals surface area contributed by atoms with Crippen LogP contribution in [0, 0.1) is 20.8 Å². The number of thiophene rings is 1. The van der Waals surface area contributed by atoms with Crippen molar-refractivity contribution in [3.63, 3.8) is 0 Å². The number of hydrogen-bond donors (Lipinski definition) is 2. The van der Waals surface area contributed by atoms with Crippen LogP contribution in [0.15, 0.2) is 56.0 Å². The molecule has 5 rings (SSSR count). The van der Waals surface area contributed by atoms with Gasteiger partial charge in [0.1, 0.15) is 22.6 Å². The van der Waals surface area contributed by atoms with Crippen LogP contribution < -0.4 is 5.43 Å². The zero-order valence-corrected chi connectivity index (χ0v) is 22.3. The lowest BCUT2D eigenvalue weighted by Gasteiger charge is -2.12. The first-order valence-electron chi connectivity index (χ1n) is 11.1. The number of hydrazone groups is 1. The van der Waals surface area contributed by atoms with Crippen molar-refractivity contribution < 1.29 is 18.0 Å². The topological polar surface area (TPSA) is 135 Å². The predicted molar refractivity (Wildman–Crippen MR) is 141 cm³/mol. The normalized spacial score (nSPS) is 15.7. The van der Waals surface area contributed by atoms with Crippen molar-refractivity contribution in [1.82, 2.24) is 20.2 Å². The first-order chi connectivity index (χ1) is 17.7. The number of carbonyl (C=O) groups excluding carboxylic acids is 1. The van der Waals surface area contributed by atoms with Gasteiger partial charge in [-0.2, -0.15) is 5.10 Å². The number of nitrogens with zero attached hydrogens (tertiary/aromatic N) is 5. The number of aromatic nitrogens is 3. The summed E-state index contributed by atoms with van der Waals surface area (Å²) in [6.45, 7) is 6.00. The molecule has 0 fully saturated rings. The lowest BCUT2D eigenvalue weighted by atomic mass is 9.99. The standard InChI is InChI=1S/C24H21ClN6O4S2/c1-12-13(2)36-24-21(12)22(15-4-6-16(25)7-5-15)27-18(23-30-28-14(3)31(23)24)10-19(32)29-26-11-17-8-9-20(35-17)37(33)34/h4-9,11,18H,10H2,1-3H3,(H,29,32)(H,33,34)/b26-11+/t18-/m0/s1. The number of fused-ring (bicyclic) bond motifs is 3. The molecule has 1 unspecified atom stereocenters. The largest absolute Gasteiger partial charge is 0.444 e. The Kier molecular flexibility index (Phi) is 6.90. The summed E-state index contributed by atoms with van der Waals surface area (Å²) in [4.78, 5) is 19.1. The molecule has 0 saturated heterocycles. The highest BCUT2D eigenvalue weighted by Gasteiger charge is 2.32. The number of aliphatic imine (C=N–C) groups is 1. The molecule has 10 nitrogen and oxygen atoms in total. The molecule has 1 amide bonds. The lowest BCUT2D eigenvalue weighted by Crippen LogP contribution is -2.21. The first-order valence-corrected chi connectivity index (χ1v) is 13.4. The molecule has 1 aliphatic rings. The van der Waals surface area contributed by atoms with Gasteiger partial charge in [0.15, 0.2) is 5.82 Å². The van der Waals surface area contributed by atoms with Crippen LogP contribution in [0.5, 0.6) is 0 Å². The van der Waals surface area contributed by atoms with E-state index in [4.69, 9.17) is 25.6 Å². The number of rotatable bonds is 6. The van der Waals surface area contributed by atoms with Crippen molar-refractivity contribution in [3.8, 4) is 5.00 Å². The minimum absolute atomic E-state index is 0.0381. The van der Waals surface area contributed by atoms with E-state index in [9.17, 15) is 9.00 Å². The Bertz CT molecular complexity index is 1580. The Morgan fingerprint density at radius 1 is 1.24 bits per heavy atom. The van der Waals surface area contributed by atoms with E-state index in [1.807, 2.05) is 35.8 Å². The minimum Gasteiger partial charge on any atom is -0.444 e. The molecule has 4 aromatic rings. The summed E-state index contributed by atoms with van der Waals surface area (Å²) < 4.78 is 27.3. The van der Waals surface area contributed by atoms with Crippen LogP contribution in [0.2, 0.25) is 5.02 Å². The third-order valence-electron chi connectivity index (χ3n) is 5.89. The summed E-state index contributed by atoms with van der Waals surface area (Å²) in [6.07, 6.45) is 1.21. The number of aryl methyl sites for hydroxylation is 2. The summed E-state index contributed by atoms with van der Waals surface area (Å²) in [6, 6.07) is 9.65. The fraction of sp³-hybridized carbons (Fsp3) is 0.208. The van der Waals surface area contributed by atoms with Gasteiger partial charge in [0.2, 0.25) is 22.1 Å². The maximum atomic E-state index is 12.9. The van der Waals surface area contributed by atoms with E-state index < -0.39 is 23.0 Å². The maximum absolute atomic E-state index is 12.9. The van der Waals surface area contributed by atoms with Gasteiger partial charge < -0.3 is 4.42 Å². The second-order valence-electron chi connectivity index (χ2n) is 8.31. The van der Waals surface area contributed by atoms with Crippen LogP contribution >= 0.6 is 22.9 Å². The molecule has 37 heavy (non-hydrogen) atoms. The quantitative estimate of drug-likeness (QED) is 0.204.